The van der Waals surface area contributed by atoms with Gasteiger partial charge in [-0.25, -0.2) is 4.79 Å². The highest BCUT2D eigenvalue weighted by Gasteiger charge is 2.10. The molecule has 1 aromatic heterocycles. The third kappa shape index (κ3) is 4.44. The zero-order valence-corrected chi connectivity index (χ0v) is 17.7. The quantitative estimate of drug-likeness (QED) is 0.475. The minimum atomic E-state index is -0.405. The Hall–Kier alpha value is -4.19. The van der Waals surface area contributed by atoms with Gasteiger partial charge >= 0.3 is 5.97 Å². The molecule has 4 aromatic rings. The van der Waals surface area contributed by atoms with Crippen molar-refractivity contribution in [2.45, 2.75) is 13.5 Å². The Morgan fingerprint density at radius 1 is 0.906 bits per heavy atom. The number of methoxy groups -OCH3 is 1. The number of amides is 1. The van der Waals surface area contributed by atoms with Crippen LogP contribution in [0.4, 0.5) is 0 Å². The van der Waals surface area contributed by atoms with Gasteiger partial charge in [0, 0.05) is 23.7 Å². The van der Waals surface area contributed by atoms with E-state index in [-0.39, 0.29) is 11.3 Å². The van der Waals surface area contributed by atoms with E-state index in [0.29, 0.717) is 40.0 Å². The van der Waals surface area contributed by atoms with Crippen molar-refractivity contribution in [2.75, 3.05) is 7.11 Å². The Kier molecular flexibility index (Phi) is 5.85. The number of hydrogen-bond acceptors (Lipinski definition) is 5. The molecule has 4 rings (SSSR count). The van der Waals surface area contributed by atoms with Gasteiger partial charge in [-0.05, 0) is 48.9 Å². The topological polar surface area (TPSA) is 85.6 Å². The fourth-order valence-corrected chi connectivity index (χ4v) is 3.36. The number of nitrogens with one attached hydrogen (secondary N) is 1. The molecule has 0 saturated heterocycles. The summed E-state index contributed by atoms with van der Waals surface area (Å²) in [6, 6.07) is 20.7. The molecule has 0 spiro atoms. The highest BCUT2D eigenvalue weighted by atomic mass is 16.5. The van der Waals surface area contributed by atoms with E-state index in [1.165, 1.54) is 13.2 Å². The van der Waals surface area contributed by atoms with E-state index in [0.717, 1.165) is 11.1 Å². The van der Waals surface area contributed by atoms with Gasteiger partial charge in [0.25, 0.3) is 5.91 Å². The molecule has 160 valence electrons. The molecule has 0 unspecified atom stereocenters. The summed E-state index contributed by atoms with van der Waals surface area (Å²) in [6.45, 7) is 2.24. The maximum atomic E-state index is 12.5. The van der Waals surface area contributed by atoms with Crippen molar-refractivity contribution < 1.29 is 18.7 Å². The number of carbonyl (C=O) groups is 2. The maximum Gasteiger partial charge on any atom is 0.337 e. The smallest absolute Gasteiger partial charge is 0.337 e. The fourth-order valence-electron chi connectivity index (χ4n) is 3.36. The Bertz CT molecular complexity index is 1350. The lowest BCUT2D eigenvalue weighted by Crippen LogP contribution is -2.22. The highest BCUT2D eigenvalue weighted by Crippen LogP contribution is 2.23. The van der Waals surface area contributed by atoms with Crippen LogP contribution in [-0.2, 0) is 11.3 Å². The first-order valence-corrected chi connectivity index (χ1v) is 10.0. The number of rotatable bonds is 5. The predicted molar refractivity (Wildman–Crippen MR) is 122 cm³/mol. The summed E-state index contributed by atoms with van der Waals surface area (Å²) >= 11 is 0. The van der Waals surface area contributed by atoms with E-state index < -0.39 is 5.97 Å². The summed E-state index contributed by atoms with van der Waals surface area (Å²) in [4.78, 5) is 36.4. The normalized spacial score (nSPS) is 10.7. The van der Waals surface area contributed by atoms with Crippen LogP contribution in [0.2, 0.25) is 0 Å². The standard InChI is InChI=1S/C26H21NO5/c1-16-3-12-23-21(13-16)22(28)14-24(32-23)18-8-10-19(11-9-18)25(29)27-15-17-4-6-20(7-5-17)26(30)31-2/h3-14H,15H2,1-2H3,(H,27,29). The van der Waals surface area contributed by atoms with Crippen LogP contribution in [-0.4, -0.2) is 19.0 Å². The van der Waals surface area contributed by atoms with Gasteiger partial charge in [-0.3, -0.25) is 9.59 Å². The molecular formula is C26H21NO5. The van der Waals surface area contributed by atoms with Gasteiger partial charge in [0.1, 0.15) is 11.3 Å². The van der Waals surface area contributed by atoms with E-state index in [1.807, 2.05) is 13.0 Å². The van der Waals surface area contributed by atoms with Crippen molar-refractivity contribution in [1.82, 2.24) is 5.32 Å². The number of fused-ring (bicyclic) bond motifs is 1. The van der Waals surface area contributed by atoms with E-state index >= 15 is 0 Å². The molecule has 0 bridgehead atoms. The van der Waals surface area contributed by atoms with Crippen molar-refractivity contribution in [3.63, 3.8) is 0 Å². The highest BCUT2D eigenvalue weighted by molar-refractivity contribution is 5.94. The number of benzene rings is 3. The molecule has 0 aliphatic rings. The van der Waals surface area contributed by atoms with E-state index in [2.05, 4.69) is 10.1 Å². The van der Waals surface area contributed by atoms with E-state index in [9.17, 15) is 14.4 Å². The molecule has 6 nitrogen and oxygen atoms in total. The molecule has 1 N–H and O–H groups in total. The third-order valence-electron chi connectivity index (χ3n) is 5.14. The first kappa shape index (κ1) is 21.1. The minimum Gasteiger partial charge on any atom is -0.465 e. The average molecular weight is 427 g/mol. The molecular weight excluding hydrogens is 406 g/mol. The second-order valence-electron chi connectivity index (χ2n) is 7.42. The Morgan fingerprint density at radius 2 is 1.59 bits per heavy atom. The predicted octanol–water partition coefficient (Wildman–Crippen LogP) is 4.49. The lowest BCUT2D eigenvalue weighted by atomic mass is 10.1. The maximum absolute atomic E-state index is 12.5. The van der Waals surface area contributed by atoms with Gasteiger partial charge in [0.2, 0.25) is 0 Å². The van der Waals surface area contributed by atoms with Crippen molar-refractivity contribution in [3.05, 3.63) is 105 Å². The SMILES string of the molecule is COC(=O)c1ccc(CNC(=O)c2ccc(-c3cc(=O)c4cc(C)ccc4o3)cc2)cc1. The monoisotopic (exact) mass is 427 g/mol. The Morgan fingerprint density at radius 3 is 2.28 bits per heavy atom. The molecule has 0 aliphatic heterocycles. The summed E-state index contributed by atoms with van der Waals surface area (Å²) in [5, 5.41) is 3.39. The van der Waals surface area contributed by atoms with Crippen LogP contribution in [0.15, 0.2) is 82.0 Å². The van der Waals surface area contributed by atoms with Gasteiger partial charge in [-0.2, -0.15) is 0 Å². The zero-order valence-electron chi connectivity index (χ0n) is 17.7. The van der Waals surface area contributed by atoms with Crippen LogP contribution < -0.4 is 10.7 Å². The molecule has 0 radical (unpaired) electrons. The summed E-state index contributed by atoms with van der Waals surface area (Å²) in [6.07, 6.45) is 0. The molecule has 1 heterocycles. The molecule has 6 heteroatoms. The van der Waals surface area contributed by atoms with Gasteiger partial charge in [0.05, 0.1) is 18.1 Å². The van der Waals surface area contributed by atoms with Gasteiger partial charge in [0.15, 0.2) is 5.43 Å². The van der Waals surface area contributed by atoms with Crippen LogP contribution in [0.5, 0.6) is 0 Å². The van der Waals surface area contributed by atoms with Crippen molar-refractivity contribution in [2.24, 2.45) is 0 Å². The second kappa shape index (κ2) is 8.89. The summed E-state index contributed by atoms with van der Waals surface area (Å²) in [7, 11) is 1.33. The lowest BCUT2D eigenvalue weighted by Gasteiger charge is -2.08. The van der Waals surface area contributed by atoms with Crippen molar-refractivity contribution in [1.29, 1.82) is 0 Å². The number of esters is 1. The van der Waals surface area contributed by atoms with Crippen LogP contribution in [0.25, 0.3) is 22.3 Å². The van der Waals surface area contributed by atoms with Gasteiger partial charge < -0.3 is 14.5 Å². The summed E-state index contributed by atoms with van der Waals surface area (Å²) in [5.41, 5.74) is 3.91. The molecule has 0 aliphatic carbocycles. The van der Waals surface area contributed by atoms with E-state index in [1.54, 1.807) is 60.7 Å². The molecule has 0 fully saturated rings. The molecule has 32 heavy (non-hydrogen) atoms. The van der Waals surface area contributed by atoms with Crippen LogP contribution in [0.3, 0.4) is 0 Å². The summed E-state index contributed by atoms with van der Waals surface area (Å²) in [5.74, 6) is -0.189. The number of aryl methyl sites for hydroxylation is 1. The molecule has 3 aromatic carbocycles. The number of ether oxygens (including phenoxy) is 1. The van der Waals surface area contributed by atoms with Gasteiger partial charge in [-0.1, -0.05) is 35.9 Å². The number of hydrogen-bond donors (Lipinski definition) is 1. The minimum absolute atomic E-state index is 0.106. The Labute approximate surface area is 184 Å². The zero-order chi connectivity index (χ0) is 22.7. The first-order chi connectivity index (χ1) is 15.4. The molecule has 0 atom stereocenters. The van der Waals surface area contributed by atoms with Crippen LogP contribution in [0.1, 0.15) is 31.8 Å². The first-order valence-electron chi connectivity index (χ1n) is 10.0. The molecule has 1 amide bonds. The van der Waals surface area contributed by atoms with Crippen LogP contribution >= 0.6 is 0 Å². The second-order valence-corrected chi connectivity index (χ2v) is 7.42. The summed E-state index contributed by atoms with van der Waals surface area (Å²) < 4.78 is 10.6. The molecule has 0 saturated carbocycles. The third-order valence-corrected chi connectivity index (χ3v) is 5.14. The van der Waals surface area contributed by atoms with Crippen LogP contribution in [0, 0.1) is 6.92 Å². The Balaban J connectivity index is 1.46. The average Bonchev–Trinajstić information content (AvgIpc) is 2.82. The lowest BCUT2D eigenvalue weighted by molar-refractivity contribution is 0.0600. The van der Waals surface area contributed by atoms with E-state index in [4.69, 9.17) is 4.42 Å². The number of carbonyl (C=O) groups excluding carboxylic acids is 2. The largest absolute Gasteiger partial charge is 0.465 e. The van der Waals surface area contributed by atoms with Gasteiger partial charge in [-0.15, -0.1) is 0 Å². The fraction of sp³-hybridized carbons (Fsp3) is 0.115. The van der Waals surface area contributed by atoms with Crippen molar-refractivity contribution in [3.8, 4) is 11.3 Å². The van der Waals surface area contributed by atoms with Crippen molar-refractivity contribution >= 4 is 22.8 Å².